The smallest absolute Gasteiger partial charge is 0.417 e. The Hall–Kier alpha value is -4.36. The molecular weight excluding hydrogens is 555 g/mol. The summed E-state index contributed by atoms with van der Waals surface area (Å²) in [4.78, 5) is 32.3. The van der Waals surface area contributed by atoms with Crippen molar-refractivity contribution in [1.82, 2.24) is 25.3 Å². The largest absolute Gasteiger partial charge is 0.477 e. The number of piperazine rings is 1. The van der Waals surface area contributed by atoms with Crippen molar-refractivity contribution in [3.63, 3.8) is 0 Å². The highest BCUT2D eigenvalue weighted by Crippen LogP contribution is 2.45. The lowest BCUT2D eigenvalue weighted by molar-refractivity contribution is -0.136. The molecule has 0 bridgehead atoms. The summed E-state index contributed by atoms with van der Waals surface area (Å²) in [6.45, 7) is 4.81. The number of nitrogens with zero attached hydrogens (tertiary/aromatic N) is 5. The van der Waals surface area contributed by atoms with Gasteiger partial charge in [0.25, 0.3) is 5.91 Å². The topological polar surface area (TPSA) is 105 Å². The summed E-state index contributed by atoms with van der Waals surface area (Å²) in [6.07, 6.45) is -1.63. The molecule has 210 valence electrons. The molecule has 4 aromatic heterocycles. The van der Waals surface area contributed by atoms with Gasteiger partial charge < -0.3 is 20.3 Å². The molecule has 1 aromatic carbocycles. The normalized spacial score (nSPS) is 14.0. The molecule has 41 heavy (non-hydrogen) atoms. The van der Waals surface area contributed by atoms with E-state index in [9.17, 15) is 18.0 Å². The number of pyridine rings is 2. The lowest BCUT2D eigenvalue weighted by atomic mass is 10.1. The number of aromatic nitrogens is 4. The number of benzene rings is 1. The van der Waals surface area contributed by atoms with Crippen molar-refractivity contribution in [2.24, 2.45) is 0 Å². The molecular formula is C28H24F3N7O2S. The number of ether oxygens (including phenoxy) is 1. The maximum atomic E-state index is 14.5. The van der Waals surface area contributed by atoms with E-state index in [4.69, 9.17) is 4.74 Å². The van der Waals surface area contributed by atoms with Crippen LogP contribution < -0.4 is 20.3 Å². The number of anilines is 2. The van der Waals surface area contributed by atoms with Gasteiger partial charge in [0.2, 0.25) is 11.8 Å². The number of hydrogen-bond acceptors (Lipinski definition) is 9. The maximum Gasteiger partial charge on any atom is 0.417 e. The van der Waals surface area contributed by atoms with Crippen LogP contribution in [-0.2, 0) is 6.18 Å². The third-order valence-electron chi connectivity index (χ3n) is 6.61. The van der Waals surface area contributed by atoms with E-state index in [1.165, 1.54) is 12.4 Å². The van der Waals surface area contributed by atoms with E-state index < -0.39 is 11.7 Å². The zero-order valence-corrected chi connectivity index (χ0v) is 22.6. The number of fused-ring (bicyclic) bond motifs is 3. The van der Waals surface area contributed by atoms with E-state index in [-0.39, 0.29) is 33.2 Å². The Morgan fingerprint density at radius 2 is 1.80 bits per heavy atom. The lowest BCUT2D eigenvalue weighted by Gasteiger charge is -2.27. The van der Waals surface area contributed by atoms with Crippen LogP contribution in [0.3, 0.4) is 0 Å². The highest BCUT2D eigenvalue weighted by Gasteiger charge is 2.36. The average molecular weight is 580 g/mol. The molecule has 9 nitrogen and oxygen atoms in total. The van der Waals surface area contributed by atoms with Crippen molar-refractivity contribution in [3.05, 3.63) is 66.0 Å². The van der Waals surface area contributed by atoms with E-state index >= 15 is 0 Å². The first kappa shape index (κ1) is 26.8. The molecule has 0 spiro atoms. The van der Waals surface area contributed by atoms with E-state index in [1.54, 1.807) is 43.3 Å². The Kier molecular flexibility index (Phi) is 7.14. The SMILES string of the molecule is CCOc1nc(N2CCNCC2)nc2c1sc1nc(-c3ccc(NC(=O)c4ccncc4)cc3)cc(C(F)(F)F)c12. The summed E-state index contributed by atoms with van der Waals surface area (Å²) in [5, 5.41) is 5.95. The van der Waals surface area contributed by atoms with Crippen LogP contribution in [0.1, 0.15) is 22.8 Å². The predicted octanol–water partition coefficient (Wildman–Crippen LogP) is 5.38. The molecule has 13 heteroatoms. The molecule has 0 aliphatic carbocycles. The monoisotopic (exact) mass is 579 g/mol. The minimum atomic E-state index is -4.66. The summed E-state index contributed by atoms with van der Waals surface area (Å²) in [5.41, 5.74) is 0.895. The van der Waals surface area contributed by atoms with Crippen LogP contribution in [0, 0.1) is 0 Å². The summed E-state index contributed by atoms with van der Waals surface area (Å²) >= 11 is 1.08. The fourth-order valence-corrected chi connectivity index (χ4v) is 5.73. The number of halogens is 3. The van der Waals surface area contributed by atoms with Crippen molar-refractivity contribution in [2.75, 3.05) is 43.0 Å². The minimum Gasteiger partial charge on any atom is -0.477 e. The molecule has 0 unspecified atom stereocenters. The van der Waals surface area contributed by atoms with Gasteiger partial charge in [0.1, 0.15) is 15.0 Å². The van der Waals surface area contributed by atoms with Gasteiger partial charge in [0.15, 0.2) is 0 Å². The number of rotatable bonds is 6. The van der Waals surface area contributed by atoms with Gasteiger partial charge in [0, 0.05) is 55.4 Å². The molecule has 1 fully saturated rings. The van der Waals surface area contributed by atoms with Crippen LogP contribution in [0.2, 0.25) is 0 Å². The molecule has 5 heterocycles. The number of hydrogen-bond donors (Lipinski definition) is 2. The van der Waals surface area contributed by atoms with Crippen LogP contribution in [0.5, 0.6) is 5.88 Å². The molecule has 1 amide bonds. The third kappa shape index (κ3) is 5.37. The van der Waals surface area contributed by atoms with Crippen LogP contribution in [-0.4, -0.2) is 58.6 Å². The number of nitrogens with one attached hydrogen (secondary N) is 2. The number of carbonyl (C=O) groups excluding carboxylic acids is 1. The van der Waals surface area contributed by atoms with Crippen LogP contribution in [0.15, 0.2) is 54.9 Å². The molecule has 1 aliphatic heterocycles. The average Bonchev–Trinajstić information content (AvgIpc) is 3.36. The molecule has 5 aromatic rings. The fraction of sp³-hybridized carbons (Fsp3) is 0.250. The van der Waals surface area contributed by atoms with Gasteiger partial charge in [0.05, 0.1) is 23.3 Å². The number of carbonyl (C=O) groups is 1. The second-order valence-corrected chi connectivity index (χ2v) is 10.3. The van der Waals surface area contributed by atoms with E-state index in [0.29, 0.717) is 47.2 Å². The lowest BCUT2D eigenvalue weighted by Crippen LogP contribution is -2.44. The van der Waals surface area contributed by atoms with Crippen LogP contribution >= 0.6 is 11.3 Å². The van der Waals surface area contributed by atoms with Gasteiger partial charge >= 0.3 is 6.18 Å². The molecule has 2 N–H and O–H groups in total. The fourth-order valence-electron chi connectivity index (χ4n) is 4.64. The second kappa shape index (κ2) is 10.9. The van der Waals surface area contributed by atoms with Gasteiger partial charge in [-0.25, -0.2) is 9.97 Å². The van der Waals surface area contributed by atoms with Crippen molar-refractivity contribution >= 4 is 49.3 Å². The standard InChI is InChI=1S/C28H24F3N7O2S/c1-2-40-25-23-22(36-27(37-25)38-13-11-33-12-14-38)21-19(28(29,30)31)15-20(35-26(21)41-23)16-3-5-18(6-4-16)34-24(39)17-7-9-32-10-8-17/h3-10,15,33H,2,11-14H2,1H3,(H,34,39). The van der Waals surface area contributed by atoms with Crippen LogP contribution in [0.25, 0.3) is 31.7 Å². The molecule has 1 aliphatic rings. The van der Waals surface area contributed by atoms with Crippen molar-refractivity contribution in [2.45, 2.75) is 13.1 Å². The Morgan fingerprint density at radius 3 is 2.49 bits per heavy atom. The Balaban J connectivity index is 1.43. The summed E-state index contributed by atoms with van der Waals surface area (Å²) < 4.78 is 49.8. The summed E-state index contributed by atoms with van der Waals surface area (Å²) in [5.74, 6) is 0.262. The zero-order chi connectivity index (χ0) is 28.6. The van der Waals surface area contributed by atoms with Crippen molar-refractivity contribution < 1.29 is 22.7 Å². The van der Waals surface area contributed by atoms with Crippen molar-refractivity contribution in [3.8, 4) is 17.1 Å². The minimum absolute atomic E-state index is 0.0674. The van der Waals surface area contributed by atoms with Crippen LogP contribution in [0.4, 0.5) is 24.8 Å². The predicted molar refractivity (Wildman–Crippen MR) is 152 cm³/mol. The summed E-state index contributed by atoms with van der Waals surface area (Å²) in [6, 6.07) is 10.7. The van der Waals surface area contributed by atoms with Gasteiger partial charge in [-0.2, -0.15) is 18.2 Å². The first-order valence-corrected chi connectivity index (χ1v) is 13.8. The maximum absolute atomic E-state index is 14.5. The van der Waals surface area contributed by atoms with Gasteiger partial charge in [-0.15, -0.1) is 11.3 Å². The molecule has 0 radical (unpaired) electrons. The zero-order valence-electron chi connectivity index (χ0n) is 21.8. The quantitative estimate of drug-likeness (QED) is 0.276. The highest BCUT2D eigenvalue weighted by molar-refractivity contribution is 7.25. The Bertz CT molecular complexity index is 1720. The first-order valence-electron chi connectivity index (χ1n) is 12.9. The molecule has 0 atom stereocenters. The Morgan fingerprint density at radius 1 is 1.07 bits per heavy atom. The number of alkyl halides is 3. The van der Waals surface area contributed by atoms with Gasteiger partial charge in [-0.1, -0.05) is 12.1 Å². The number of thiophene rings is 1. The number of amides is 1. The van der Waals surface area contributed by atoms with E-state index in [0.717, 1.165) is 30.5 Å². The van der Waals surface area contributed by atoms with Crippen molar-refractivity contribution in [1.29, 1.82) is 0 Å². The Labute approximate surface area is 236 Å². The van der Waals surface area contributed by atoms with E-state index in [2.05, 4.69) is 30.6 Å². The summed E-state index contributed by atoms with van der Waals surface area (Å²) in [7, 11) is 0. The van der Waals surface area contributed by atoms with E-state index in [1.807, 2.05) is 4.90 Å². The molecule has 6 rings (SSSR count). The molecule has 0 saturated carbocycles. The highest BCUT2D eigenvalue weighted by atomic mass is 32.1. The molecule has 1 saturated heterocycles. The van der Waals surface area contributed by atoms with Gasteiger partial charge in [-0.05, 0) is 37.3 Å². The first-order chi connectivity index (χ1) is 19.8. The second-order valence-electron chi connectivity index (χ2n) is 9.28. The third-order valence-corrected chi connectivity index (χ3v) is 7.67. The van der Waals surface area contributed by atoms with Gasteiger partial charge in [-0.3, -0.25) is 9.78 Å².